The third kappa shape index (κ3) is 6.77. The van der Waals surface area contributed by atoms with Crippen LogP contribution in [0.15, 0.2) is 225 Å². The first kappa shape index (κ1) is 40.3. The van der Waals surface area contributed by atoms with E-state index in [0.29, 0.717) is 46.7 Å². The molecule has 13 rings (SSSR count). The van der Waals surface area contributed by atoms with Gasteiger partial charge in [0.1, 0.15) is 0 Å². The molecule has 0 bridgehead atoms. The molecule has 12 nitrogen and oxygen atoms in total. The van der Waals surface area contributed by atoms with Gasteiger partial charge in [0.05, 0.1) is 38.8 Å². The molecule has 0 saturated heterocycles. The Hall–Kier alpha value is -9.94. The Morgan fingerprint density at radius 3 is 1.39 bits per heavy atom. The highest BCUT2D eigenvalue weighted by molar-refractivity contribution is 6.01. The second-order valence-electron chi connectivity index (χ2n) is 16.6. The first-order valence-electron chi connectivity index (χ1n) is 22.8. The highest BCUT2D eigenvalue weighted by Gasteiger charge is 2.27. The maximum Gasteiger partial charge on any atom is 0.241 e. The highest BCUT2D eigenvalue weighted by atomic mass is 15.3. The molecule has 0 unspecified atom stereocenters. The van der Waals surface area contributed by atoms with Crippen LogP contribution in [0.3, 0.4) is 0 Å². The highest BCUT2D eigenvalue weighted by Crippen LogP contribution is 2.38. The third-order valence-corrected chi connectivity index (χ3v) is 12.3. The molecule has 13 aromatic rings. The predicted octanol–water partition coefficient (Wildman–Crippen LogP) is 12.2. The number of imidazole rings is 4. The van der Waals surface area contributed by atoms with Crippen molar-refractivity contribution in [1.29, 1.82) is 0 Å². The standard InChI is InChI=1S/C58H38N12/c1-2-3-8-30-42(49-37-67(57-59-44-32-17-19-34-46(44)68(49)57)55-63-51(38-22-9-4-10-23-38)61-52(64-55)39-24-11-5-12-25-39)43-31-21-36-48-50(43)69-47-35-20-18-33-45(47)60-58(69)70(48)56-65-53(40-26-13-6-14-27-40)62-54(66-56)41-28-15-7-16-29-41/h2-37H,1H2/b8-3-,42-30-. The molecule has 0 fully saturated rings. The van der Waals surface area contributed by atoms with E-state index in [4.69, 9.17) is 39.9 Å². The Morgan fingerprint density at radius 1 is 0.400 bits per heavy atom. The lowest BCUT2D eigenvalue weighted by atomic mass is 10.0. The predicted molar refractivity (Wildman–Crippen MR) is 276 cm³/mol. The van der Waals surface area contributed by atoms with E-state index in [1.54, 1.807) is 6.08 Å². The zero-order valence-electron chi connectivity index (χ0n) is 37.4. The first-order chi connectivity index (χ1) is 34.7. The average molecular weight is 903 g/mol. The Labute approximate surface area is 400 Å². The van der Waals surface area contributed by atoms with E-state index >= 15 is 0 Å². The molecule has 0 atom stereocenters. The van der Waals surface area contributed by atoms with Crippen LogP contribution in [0.2, 0.25) is 0 Å². The summed E-state index contributed by atoms with van der Waals surface area (Å²) in [5, 5.41) is 0. The van der Waals surface area contributed by atoms with E-state index in [0.717, 1.165) is 72.2 Å². The number of hydrogen-bond acceptors (Lipinski definition) is 8. The largest absolute Gasteiger partial charge is 0.276 e. The molecule has 6 heterocycles. The van der Waals surface area contributed by atoms with Crippen molar-refractivity contribution in [3.63, 3.8) is 0 Å². The maximum atomic E-state index is 5.31. The van der Waals surface area contributed by atoms with Crippen LogP contribution < -0.4 is 0 Å². The number of rotatable bonds is 10. The summed E-state index contributed by atoms with van der Waals surface area (Å²) in [5.74, 6) is 4.33. The molecule has 12 heteroatoms. The van der Waals surface area contributed by atoms with E-state index in [2.05, 4.69) is 58.0 Å². The van der Waals surface area contributed by atoms with Crippen LogP contribution in [0, 0.1) is 0 Å². The van der Waals surface area contributed by atoms with E-state index in [1.165, 1.54) is 0 Å². The van der Waals surface area contributed by atoms with Gasteiger partial charge >= 0.3 is 0 Å². The average Bonchev–Trinajstić information content (AvgIpc) is 4.19. The molecule has 330 valence electrons. The van der Waals surface area contributed by atoms with Gasteiger partial charge in [-0.05, 0) is 30.3 Å². The summed E-state index contributed by atoms with van der Waals surface area (Å²) in [5.41, 5.74) is 11.4. The van der Waals surface area contributed by atoms with Crippen LogP contribution in [0.5, 0.6) is 0 Å². The van der Waals surface area contributed by atoms with Gasteiger partial charge in [-0.1, -0.05) is 189 Å². The topological polar surface area (TPSA) is 122 Å². The quantitative estimate of drug-likeness (QED) is 0.124. The minimum absolute atomic E-state index is 0.422. The Balaban J connectivity index is 1.11. The van der Waals surface area contributed by atoms with E-state index in [1.807, 2.05) is 179 Å². The smallest absolute Gasteiger partial charge is 0.241 e. The van der Waals surface area contributed by atoms with Gasteiger partial charge in [-0.25, -0.2) is 24.5 Å². The molecule has 7 aromatic carbocycles. The summed E-state index contributed by atoms with van der Waals surface area (Å²) in [7, 11) is 0. The fourth-order valence-corrected chi connectivity index (χ4v) is 9.19. The number of nitrogens with zero attached hydrogens (tertiary/aromatic N) is 12. The second-order valence-corrected chi connectivity index (χ2v) is 16.6. The van der Waals surface area contributed by atoms with Crippen LogP contribution in [0.1, 0.15) is 11.3 Å². The van der Waals surface area contributed by atoms with Crippen LogP contribution in [-0.2, 0) is 0 Å². The summed E-state index contributed by atoms with van der Waals surface area (Å²) in [6.07, 6.45) is 9.91. The molecular weight excluding hydrogens is 865 g/mol. The minimum atomic E-state index is 0.422. The van der Waals surface area contributed by atoms with Gasteiger partial charge in [0.25, 0.3) is 0 Å². The van der Waals surface area contributed by atoms with Crippen LogP contribution in [0.25, 0.3) is 108 Å². The number of aromatic nitrogens is 12. The molecule has 0 radical (unpaired) electrons. The van der Waals surface area contributed by atoms with Crippen molar-refractivity contribution in [2.24, 2.45) is 0 Å². The van der Waals surface area contributed by atoms with E-state index < -0.39 is 0 Å². The zero-order valence-corrected chi connectivity index (χ0v) is 37.4. The minimum Gasteiger partial charge on any atom is -0.276 e. The third-order valence-electron chi connectivity index (χ3n) is 12.3. The molecule has 0 N–H and O–H groups in total. The van der Waals surface area contributed by atoms with Gasteiger partial charge in [-0.2, -0.15) is 19.9 Å². The Bertz CT molecular complexity index is 4070. The lowest BCUT2D eigenvalue weighted by Gasteiger charge is -2.11. The van der Waals surface area contributed by atoms with Crippen LogP contribution in [-0.4, -0.2) is 57.8 Å². The SMILES string of the molecule is C=C/C=C\C=C(\c1cccc2c1n1c3ccccc3nc1n2-c1nc(-c2ccccc2)nc(-c2ccccc2)n1)c1cn(-c2nc(-c3ccccc3)nc(-c3ccccc3)n2)c2nc3ccccc3n12. The molecule has 0 amide bonds. The molecule has 0 aliphatic heterocycles. The molecule has 70 heavy (non-hydrogen) atoms. The molecule has 0 aliphatic rings. The van der Waals surface area contributed by atoms with Crippen molar-refractivity contribution in [2.75, 3.05) is 0 Å². The van der Waals surface area contributed by atoms with E-state index in [-0.39, 0.29) is 0 Å². The number of benzene rings is 7. The first-order valence-corrected chi connectivity index (χ1v) is 22.8. The van der Waals surface area contributed by atoms with Crippen molar-refractivity contribution < 1.29 is 0 Å². The van der Waals surface area contributed by atoms with Crippen molar-refractivity contribution in [3.8, 4) is 57.4 Å². The molecule has 0 aliphatic carbocycles. The lowest BCUT2D eigenvalue weighted by Crippen LogP contribution is -2.07. The summed E-state index contributed by atoms with van der Waals surface area (Å²) < 4.78 is 8.41. The van der Waals surface area contributed by atoms with Crippen LogP contribution in [0.4, 0.5) is 0 Å². The van der Waals surface area contributed by atoms with Gasteiger partial charge in [0.15, 0.2) is 23.3 Å². The summed E-state index contributed by atoms with van der Waals surface area (Å²) in [6, 6.07) is 62.6. The summed E-state index contributed by atoms with van der Waals surface area (Å²) in [4.78, 5) is 41.3. The Morgan fingerprint density at radius 2 is 0.857 bits per heavy atom. The van der Waals surface area contributed by atoms with Crippen molar-refractivity contribution >= 4 is 50.2 Å². The van der Waals surface area contributed by atoms with Crippen molar-refractivity contribution in [1.82, 2.24) is 57.8 Å². The summed E-state index contributed by atoms with van der Waals surface area (Å²) >= 11 is 0. The molecule has 0 saturated carbocycles. The van der Waals surface area contributed by atoms with Gasteiger partial charge in [-0.3, -0.25) is 13.4 Å². The van der Waals surface area contributed by atoms with Gasteiger partial charge in [-0.15, -0.1) is 0 Å². The number of hydrogen-bond donors (Lipinski definition) is 0. The van der Waals surface area contributed by atoms with Gasteiger partial charge in [0, 0.05) is 39.6 Å². The summed E-state index contributed by atoms with van der Waals surface area (Å²) in [6.45, 7) is 4.02. The molecule has 0 spiro atoms. The number of allylic oxidation sites excluding steroid dienone is 4. The number of fused-ring (bicyclic) bond motifs is 8. The van der Waals surface area contributed by atoms with E-state index in [9.17, 15) is 0 Å². The maximum absolute atomic E-state index is 5.31. The fourth-order valence-electron chi connectivity index (χ4n) is 9.19. The lowest BCUT2D eigenvalue weighted by molar-refractivity contribution is 0.919. The van der Waals surface area contributed by atoms with Crippen LogP contribution >= 0.6 is 0 Å². The number of para-hydroxylation sites is 5. The molecule has 6 aromatic heterocycles. The van der Waals surface area contributed by atoms with Gasteiger partial charge < -0.3 is 0 Å². The fraction of sp³-hybridized carbons (Fsp3) is 0. The monoisotopic (exact) mass is 902 g/mol. The molecular formula is C58H38N12. The Kier molecular flexibility index (Phi) is 9.65. The van der Waals surface area contributed by atoms with Gasteiger partial charge in [0.2, 0.25) is 23.5 Å². The normalized spacial score (nSPS) is 12.1. The van der Waals surface area contributed by atoms with Crippen molar-refractivity contribution in [2.45, 2.75) is 0 Å². The zero-order chi connectivity index (χ0) is 46.5. The van der Waals surface area contributed by atoms with Crippen molar-refractivity contribution in [3.05, 3.63) is 236 Å². The second kappa shape index (κ2) is 16.7.